The average molecular weight is 324 g/mol. The molecule has 0 bridgehead atoms. The SMILES string of the molecule is Cc1nccc2c1c(=O)n(C)c1cc(OCCCC(C)C)ccc21. The molecule has 0 spiro atoms. The lowest BCUT2D eigenvalue weighted by molar-refractivity contribution is 0.298. The summed E-state index contributed by atoms with van der Waals surface area (Å²) in [5, 5.41) is 2.69. The van der Waals surface area contributed by atoms with Crippen molar-refractivity contribution >= 4 is 21.7 Å². The molecule has 0 aliphatic heterocycles. The maximum atomic E-state index is 12.7. The van der Waals surface area contributed by atoms with Crippen LogP contribution in [0.15, 0.2) is 35.3 Å². The molecule has 0 saturated carbocycles. The Balaban J connectivity index is 2.03. The molecule has 0 N–H and O–H groups in total. The zero-order valence-corrected chi connectivity index (χ0v) is 14.8. The Morgan fingerprint density at radius 2 is 2.00 bits per heavy atom. The van der Waals surface area contributed by atoms with Crippen molar-refractivity contribution < 1.29 is 4.74 Å². The highest BCUT2D eigenvalue weighted by Crippen LogP contribution is 2.27. The molecule has 0 aliphatic rings. The normalized spacial score (nSPS) is 11.5. The molecular weight excluding hydrogens is 300 g/mol. The fourth-order valence-corrected chi connectivity index (χ4v) is 3.13. The summed E-state index contributed by atoms with van der Waals surface area (Å²) >= 11 is 0. The zero-order chi connectivity index (χ0) is 17.3. The lowest BCUT2D eigenvalue weighted by Crippen LogP contribution is -2.18. The molecule has 0 radical (unpaired) electrons. The van der Waals surface area contributed by atoms with E-state index in [1.165, 1.54) is 0 Å². The van der Waals surface area contributed by atoms with E-state index in [4.69, 9.17) is 4.74 Å². The van der Waals surface area contributed by atoms with E-state index in [9.17, 15) is 4.79 Å². The van der Waals surface area contributed by atoms with E-state index < -0.39 is 0 Å². The van der Waals surface area contributed by atoms with Crippen molar-refractivity contribution in [2.75, 3.05) is 6.61 Å². The molecule has 0 saturated heterocycles. The van der Waals surface area contributed by atoms with Gasteiger partial charge in [0.1, 0.15) is 5.75 Å². The first-order valence-electron chi connectivity index (χ1n) is 8.50. The summed E-state index contributed by atoms with van der Waals surface area (Å²) in [5.41, 5.74) is 1.64. The van der Waals surface area contributed by atoms with Gasteiger partial charge in [-0.15, -0.1) is 0 Å². The van der Waals surface area contributed by atoms with Crippen molar-refractivity contribution in [3.8, 4) is 5.75 Å². The van der Waals surface area contributed by atoms with Crippen molar-refractivity contribution in [1.82, 2.24) is 9.55 Å². The maximum absolute atomic E-state index is 12.7. The monoisotopic (exact) mass is 324 g/mol. The van der Waals surface area contributed by atoms with E-state index >= 15 is 0 Å². The summed E-state index contributed by atoms with van der Waals surface area (Å²) in [6, 6.07) is 7.89. The lowest BCUT2D eigenvalue weighted by atomic mass is 10.1. The van der Waals surface area contributed by atoms with Crippen LogP contribution in [-0.4, -0.2) is 16.2 Å². The molecule has 126 valence electrons. The summed E-state index contributed by atoms with van der Waals surface area (Å²) in [6.07, 6.45) is 3.95. The van der Waals surface area contributed by atoms with Gasteiger partial charge in [-0.2, -0.15) is 0 Å². The number of pyridine rings is 2. The first-order valence-corrected chi connectivity index (χ1v) is 8.50. The Hall–Kier alpha value is -2.36. The molecule has 24 heavy (non-hydrogen) atoms. The van der Waals surface area contributed by atoms with Crippen LogP contribution in [0.1, 0.15) is 32.4 Å². The Morgan fingerprint density at radius 3 is 2.75 bits per heavy atom. The molecule has 3 aromatic rings. The predicted molar refractivity (Wildman–Crippen MR) is 98.8 cm³/mol. The molecule has 2 aromatic heterocycles. The van der Waals surface area contributed by atoms with Crippen LogP contribution < -0.4 is 10.3 Å². The molecule has 4 heteroatoms. The van der Waals surface area contributed by atoms with E-state index in [0.717, 1.165) is 40.6 Å². The molecule has 0 fully saturated rings. The molecule has 0 atom stereocenters. The number of aryl methyl sites for hydroxylation is 2. The van der Waals surface area contributed by atoms with E-state index in [-0.39, 0.29) is 5.56 Å². The second kappa shape index (κ2) is 6.63. The first-order chi connectivity index (χ1) is 11.5. The van der Waals surface area contributed by atoms with Crippen LogP contribution in [0.4, 0.5) is 0 Å². The first kappa shape index (κ1) is 16.5. The van der Waals surface area contributed by atoms with Crippen molar-refractivity contribution in [1.29, 1.82) is 0 Å². The van der Waals surface area contributed by atoms with Crippen LogP contribution in [0, 0.1) is 12.8 Å². The summed E-state index contributed by atoms with van der Waals surface area (Å²) in [5.74, 6) is 1.50. The Kier molecular flexibility index (Phi) is 4.56. The van der Waals surface area contributed by atoms with Gasteiger partial charge in [-0.25, -0.2) is 0 Å². The predicted octanol–water partition coefficient (Wildman–Crippen LogP) is 4.21. The minimum absolute atomic E-state index is 0.0138. The molecule has 0 amide bonds. The van der Waals surface area contributed by atoms with Gasteiger partial charge in [-0.3, -0.25) is 9.78 Å². The van der Waals surface area contributed by atoms with Crippen molar-refractivity contribution in [2.45, 2.75) is 33.6 Å². The third-order valence-corrected chi connectivity index (χ3v) is 4.47. The lowest BCUT2D eigenvalue weighted by Gasteiger charge is -2.13. The van der Waals surface area contributed by atoms with Crippen LogP contribution in [0.2, 0.25) is 0 Å². The molecule has 0 aliphatic carbocycles. The molecule has 2 heterocycles. The van der Waals surface area contributed by atoms with Crippen molar-refractivity contribution in [3.63, 3.8) is 0 Å². The van der Waals surface area contributed by atoms with E-state index in [0.29, 0.717) is 17.9 Å². The third kappa shape index (κ3) is 3.01. The number of nitrogens with zero attached hydrogens (tertiary/aromatic N) is 2. The van der Waals surface area contributed by atoms with Gasteiger partial charge in [0.15, 0.2) is 0 Å². The minimum atomic E-state index is -0.0138. The maximum Gasteiger partial charge on any atom is 0.260 e. The molecule has 4 nitrogen and oxygen atoms in total. The number of hydrogen-bond donors (Lipinski definition) is 0. The van der Waals surface area contributed by atoms with Crippen LogP contribution in [0.5, 0.6) is 5.75 Å². The number of hydrogen-bond acceptors (Lipinski definition) is 3. The van der Waals surface area contributed by atoms with Gasteiger partial charge >= 0.3 is 0 Å². The van der Waals surface area contributed by atoms with Crippen LogP contribution in [0.3, 0.4) is 0 Å². The Morgan fingerprint density at radius 1 is 1.21 bits per heavy atom. The Bertz CT molecular complexity index is 942. The Labute approximate surface area is 142 Å². The molecule has 1 aromatic carbocycles. The van der Waals surface area contributed by atoms with E-state index in [1.807, 2.05) is 31.2 Å². The fraction of sp³-hybridized carbons (Fsp3) is 0.400. The second-order valence-corrected chi connectivity index (χ2v) is 6.75. The zero-order valence-electron chi connectivity index (χ0n) is 14.8. The fourth-order valence-electron chi connectivity index (χ4n) is 3.13. The molecular formula is C20H24N2O2. The highest BCUT2D eigenvalue weighted by Gasteiger charge is 2.11. The standard InChI is InChI=1S/C20H24N2O2/c1-13(2)6-5-11-24-15-7-8-16-17-9-10-21-14(3)19(17)20(23)22(4)18(16)12-15/h7-10,12-13H,5-6,11H2,1-4H3. The van der Waals surface area contributed by atoms with Crippen molar-refractivity contribution in [3.05, 3.63) is 46.5 Å². The van der Waals surface area contributed by atoms with E-state index in [1.54, 1.807) is 17.8 Å². The highest BCUT2D eigenvalue weighted by molar-refractivity contribution is 6.06. The number of benzene rings is 1. The minimum Gasteiger partial charge on any atom is -0.494 e. The van der Waals surface area contributed by atoms with Gasteiger partial charge in [-0.05, 0) is 49.3 Å². The highest BCUT2D eigenvalue weighted by atomic mass is 16.5. The van der Waals surface area contributed by atoms with Gasteiger partial charge in [-0.1, -0.05) is 13.8 Å². The number of rotatable bonds is 5. The number of fused-ring (bicyclic) bond motifs is 3. The van der Waals surface area contributed by atoms with Gasteiger partial charge in [0.05, 0.1) is 23.2 Å². The quantitative estimate of drug-likeness (QED) is 0.521. The largest absolute Gasteiger partial charge is 0.494 e. The average Bonchev–Trinajstić information content (AvgIpc) is 2.56. The van der Waals surface area contributed by atoms with Gasteiger partial charge in [0.2, 0.25) is 0 Å². The second-order valence-electron chi connectivity index (χ2n) is 6.75. The summed E-state index contributed by atoms with van der Waals surface area (Å²) < 4.78 is 7.56. The van der Waals surface area contributed by atoms with Crippen LogP contribution in [-0.2, 0) is 7.05 Å². The van der Waals surface area contributed by atoms with Crippen molar-refractivity contribution in [2.24, 2.45) is 13.0 Å². The van der Waals surface area contributed by atoms with Gasteiger partial charge < -0.3 is 9.30 Å². The summed E-state index contributed by atoms with van der Waals surface area (Å²) in [7, 11) is 1.80. The van der Waals surface area contributed by atoms with E-state index in [2.05, 4.69) is 18.8 Å². The number of ether oxygens (including phenoxy) is 1. The van der Waals surface area contributed by atoms with Crippen LogP contribution >= 0.6 is 0 Å². The molecule has 3 rings (SSSR count). The van der Waals surface area contributed by atoms with Crippen LogP contribution in [0.25, 0.3) is 21.7 Å². The summed E-state index contributed by atoms with van der Waals surface area (Å²) in [6.45, 7) is 7.01. The smallest absolute Gasteiger partial charge is 0.260 e. The number of aromatic nitrogens is 2. The topological polar surface area (TPSA) is 44.1 Å². The third-order valence-electron chi connectivity index (χ3n) is 4.47. The molecule has 0 unspecified atom stereocenters. The van der Waals surface area contributed by atoms with Gasteiger partial charge in [0, 0.05) is 24.7 Å². The summed E-state index contributed by atoms with van der Waals surface area (Å²) in [4.78, 5) is 17.0. The van der Waals surface area contributed by atoms with Gasteiger partial charge in [0.25, 0.3) is 5.56 Å².